The smallest absolute Gasteiger partial charge is 0.295 e. The van der Waals surface area contributed by atoms with E-state index in [-0.39, 0.29) is 5.82 Å². The minimum atomic E-state index is -0.295. The highest BCUT2D eigenvalue weighted by atomic mass is 19.1. The number of benzene rings is 1. The molecule has 96 valence electrons. The summed E-state index contributed by atoms with van der Waals surface area (Å²) in [5, 5.41) is 3.31. The fourth-order valence-electron chi connectivity index (χ4n) is 2.54. The largest absolute Gasteiger partial charge is 0.423 e. The van der Waals surface area contributed by atoms with Gasteiger partial charge < -0.3 is 9.73 Å². The zero-order valence-electron chi connectivity index (χ0n) is 10.4. The van der Waals surface area contributed by atoms with Crippen molar-refractivity contribution in [2.75, 3.05) is 5.32 Å². The summed E-state index contributed by atoms with van der Waals surface area (Å²) < 4.78 is 18.6. The molecule has 0 saturated heterocycles. The van der Waals surface area contributed by atoms with E-state index in [0.717, 1.165) is 18.8 Å². The molecular weight excluding hydrogens is 231 g/mol. The predicted molar refractivity (Wildman–Crippen MR) is 69.0 cm³/mol. The minimum Gasteiger partial charge on any atom is -0.423 e. The van der Waals surface area contributed by atoms with Crippen LogP contribution in [0.15, 0.2) is 22.6 Å². The quantitative estimate of drug-likeness (QED) is 0.874. The van der Waals surface area contributed by atoms with Gasteiger partial charge in [-0.1, -0.05) is 6.92 Å². The second-order valence-corrected chi connectivity index (χ2v) is 5.23. The molecule has 1 heterocycles. The monoisotopic (exact) mass is 248 g/mol. The van der Waals surface area contributed by atoms with Crippen LogP contribution < -0.4 is 5.32 Å². The fraction of sp³-hybridized carbons (Fsp3) is 0.500. The number of hydrogen-bond donors (Lipinski definition) is 1. The van der Waals surface area contributed by atoms with Gasteiger partial charge in [0.25, 0.3) is 6.01 Å². The molecule has 0 unspecified atom stereocenters. The number of hydrogen-bond acceptors (Lipinski definition) is 3. The summed E-state index contributed by atoms with van der Waals surface area (Å²) in [6, 6.07) is 5.35. The van der Waals surface area contributed by atoms with Crippen LogP contribution in [0.25, 0.3) is 11.1 Å². The summed E-state index contributed by atoms with van der Waals surface area (Å²) in [6.45, 7) is 2.29. The van der Waals surface area contributed by atoms with E-state index in [2.05, 4.69) is 17.2 Å². The molecule has 1 aromatic heterocycles. The second-order valence-electron chi connectivity index (χ2n) is 5.23. The molecule has 0 spiro atoms. The number of fused-ring (bicyclic) bond motifs is 1. The van der Waals surface area contributed by atoms with Gasteiger partial charge in [0, 0.05) is 12.1 Å². The Bertz CT molecular complexity index is 544. The highest BCUT2D eigenvalue weighted by Gasteiger charge is 2.19. The second kappa shape index (κ2) is 4.59. The molecule has 0 radical (unpaired) electrons. The summed E-state index contributed by atoms with van der Waals surface area (Å²) in [5.74, 6) is 0.525. The van der Waals surface area contributed by atoms with Gasteiger partial charge in [-0.25, -0.2) is 4.39 Å². The van der Waals surface area contributed by atoms with Crippen LogP contribution in [0.3, 0.4) is 0 Å². The van der Waals surface area contributed by atoms with E-state index in [1.807, 2.05) is 0 Å². The van der Waals surface area contributed by atoms with Crippen LogP contribution >= 0.6 is 0 Å². The third-order valence-electron chi connectivity index (χ3n) is 3.69. The Labute approximate surface area is 105 Å². The molecule has 3 nitrogen and oxygen atoms in total. The first kappa shape index (κ1) is 11.5. The summed E-state index contributed by atoms with van der Waals surface area (Å²) in [6.07, 6.45) is 4.78. The number of aromatic nitrogens is 1. The van der Waals surface area contributed by atoms with Crippen LogP contribution in [0.5, 0.6) is 0 Å². The van der Waals surface area contributed by atoms with Crippen molar-refractivity contribution in [3.63, 3.8) is 0 Å². The maximum absolute atomic E-state index is 13.0. The molecule has 1 N–H and O–H groups in total. The molecule has 4 heteroatoms. The molecule has 3 rings (SSSR count). The highest BCUT2D eigenvalue weighted by Crippen LogP contribution is 2.27. The SMILES string of the molecule is CC1CCC(Nc2nc3ccc(F)cc3o2)CC1. The molecule has 1 aromatic carbocycles. The molecule has 18 heavy (non-hydrogen) atoms. The number of nitrogens with one attached hydrogen (secondary N) is 1. The third kappa shape index (κ3) is 2.33. The molecule has 0 aliphatic heterocycles. The average Bonchev–Trinajstić information content (AvgIpc) is 2.73. The molecule has 0 bridgehead atoms. The molecular formula is C14H17FN2O. The Morgan fingerprint density at radius 1 is 1.28 bits per heavy atom. The molecule has 0 atom stereocenters. The maximum atomic E-state index is 13.0. The van der Waals surface area contributed by atoms with Crippen molar-refractivity contribution in [2.45, 2.75) is 38.6 Å². The Kier molecular flexibility index (Phi) is 2.94. The zero-order chi connectivity index (χ0) is 12.5. The Morgan fingerprint density at radius 3 is 2.83 bits per heavy atom. The molecule has 1 aliphatic carbocycles. The van der Waals surface area contributed by atoms with Gasteiger partial charge in [-0.3, -0.25) is 0 Å². The Hall–Kier alpha value is -1.58. The van der Waals surface area contributed by atoms with Crippen LogP contribution in [0.4, 0.5) is 10.4 Å². The van der Waals surface area contributed by atoms with Crippen LogP contribution in [-0.2, 0) is 0 Å². The van der Waals surface area contributed by atoms with Crippen molar-refractivity contribution in [1.29, 1.82) is 0 Å². The first-order chi connectivity index (χ1) is 8.70. The first-order valence-electron chi connectivity index (χ1n) is 6.53. The fourth-order valence-corrected chi connectivity index (χ4v) is 2.54. The van der Waals surface area contributed by atoms with Gasteiger partial charge in [-0.2, -0.15) is 4.98 Å². The van der Waals surface area contributed by atoms with Gasteiger partial charge in [0.05, 0.1) is 0 Å². The van der Waals surface area contributed by atoms with Crippen LogP contribution in [0, 0.1) is 11.7 Å². The summed E-state index contributed by atoms with van der Waals surface area (Å²) in [4.78, 5) is 4.32. The lowest BCUT2D eigenvalue weighted by Crippen LogP contribution is -2.25. The van der Waals surface area contributed by atoms with Crippen molar-refractivity contribution in [1.82, 2.24) is 4.98 Å². The predicted octanol–water partition coefficient (Wildman–Crippen LogP) is 3.96. The highest BCUT2D eigenvalue weighted by molar-refractivity contribution is 5.74. The Balaban J connectivity index is 1.74. The van der Waals surface area contributed by atoms with Crippen molar-refractivity contribution in [3.8, 4) is 0 Å². The van der Waals surface area contributed by atoms with Crippen LogP contribution in [0.2, 0.25) is 0 Å². The van der Waals surface area contributed by atoms with Gasteiger partial charge in [0.15, 0.2) is 5.58 Å². The number of halogens is 1. The van der Waals surface area contributed by atoms with Crippen molar-refractivity contribution >= 4 is 17.1 Å². The lowest BCUT2D eigenvalue weighted by Gasteiger charge is -2.26. The zero-order valence-corrected chi connectivity index (χ0v) is 10.4. The van der Waals surface area contributed by atoms with E-state index in [4.69, 9.17) is 4.42 Å². The molecule has 2 aromatic rings. The molecule has 1 aliphatic rings. The van der Waals surface area contributed by atoms with Crippen molar-refractivity contribution in [2.24, 2.45) is 5.92 Å². The first-order valence-corrected chi connectivity index (χ1v) is 6.53. The van der Waals surface area contributed by atoms with Crippen LogP contribution in [0.1, 0.15) is 32.6 Å². The summed E-state index contributed by atoms with van der Waals surface area (Å²) >= 11 is 0. The standard InChI is InChI=1S/C14H17FN2O/c1-9-2-5-11(6-3-9)16-14-17-12-7-4-10(15)8-13(12)18-14/h4,7-9,11H,2-3,5-6H2,1H3,(H,16,17). The average molecular weight is 248 g/mol. The van der Waals surface area contributed by atoms with E-state index in [1.54, 1.807) is 6.07 Å². The van der Waals surface area contributed by atoms with Crippen molar-refractivity contribution < 1.29 is 8.81 Å². The van der Waals surface area contributed by atoms with E-state index in [0.29, 0.717) is 23.2 Å². The van der Waals surface area contributed by atoms with Gasteiger partial charge in [-0.05, 0) is 43.7 Å². The van der Waals surface area contributed by atoms with Crippen LogP contribution in [-0.4, -0.2) is 11.0 Å². The summed E-state index contributed by atoms with van der Waals surface area (Å²) in [7, 11) is 0. The summed E-state index contributed by atoms with van der Waals surface area (Å²) in [5.41, 5.74) is 1.20. The number of nitrogens with zero attached hydrogens (tertiary/aromatic N) is 1. The number of anilines is 1. The number of oxazole rings is 1. The van der Waals surface area contributed by atoms with Crippen molar-refractivity contribution in [3.05, 3.63) is 24.0 Å². The van der Waals surface area contributed by atoms with E-state index in [1.165, 1.54) is 25.0 Å². The van der Waals surface area contributed by atoms with Gasteiger partial charge in [-0.15, -0.1) is 0 Å². The van der Waals surface area contributed by atoms with E-state index >= 15 is 0 Å². The van der Waals surface area contributed by atoms with Gasteiger partial charge in [0.1, 0.15) is 11.3 Å². The van der Waals surface area contributed by atoms with Gasteiger partial charge in [0.2, 0.25) is 0 Å². The van der Waals surface area contributed by atoms with E-state index in [9.17, 15) is 4.39 Å². The number of rotatable bonds is 2. The normalized spacial score (nSPS) is 24.3. The molecule has 1 fully saturated rings. The van der Waals surface area contributed by atoms with E-state index < -0.39 is 0 Å². The third-order valence-corrected chi connectivity index (χ3v) is 3.69. The lowest BCUT2D eigenvalue weighted by atomic mass is 9.87. The minimum absolute atomic E-state index is 0.295. The molecule has 1 saturated carbocycles. The Morgan fingerprint density at radius 2 is 2.06 bits per heavy atom. The lowest BCUT2D eigenvalue weighted by molar-refractivity contribution is 0.357. The topological polar surface area (TPSA) is 38.1 Å². The molecule has 0 amide bonds. The van der Waals surface area contributed by atoms with Gasteiger partial charge >= 0.3 is 0 Å². The maximum Gasteiger partial charge on any atom is 0.295 e.